The van der Waals surface area contributed by atoms with Crippen LogP contribution in [0.4, 0.5) is 20.2 Å². The molecule has 0 aliphatic rings. The Labute approximate surface area is 183 Å². The number of carbonyl (C=O) groups excluding carboxylic acids is 1. The number of halogens is 3. The summed E-state index contributed by atoms with van der Waals surface area (Å²) in [6, 6.07) is 16.8. The van der Waals surface area contributed by atoms with Crippen LogP contribution in [0.25, 0.3) is 0 Å². The predicted octanol–water partition coefficient (Wildman–Crippen LogP) is 5.40. The third-order valence-corrected chi connectivity index (χ3v) is 4.77. The highest BCUT2D eigenvalue weighted by Crippen LogP contribution is 2.26. The van der Waals surface area contributed by atoms with E-state index in [4.69, 9.17) is 23.8 Å². The van der Waals surface area contributed by atoms with Crippen LogP contribution in [0, 0.1) is 11.6 Å². The molecular weight excluding hydrogens is 428 g/mol. The topological polar surface area (TPSA) is 53.2 Å². The number of amides is 1. The third-order valence-electron chi connectivity index (χ3n) is 4.21. The van der Waals surface area contributed by atoms with Crippen molar-refractivity contribution in [3.8, 4) is 0 Å². The Hall–Kier alpha value is -3.03. The van der Waals surface area contributed by atoms with E-state index in [0.29, 0.717) is 34.5 Å². The van der Waals surface area contributed by atoms with E-state index in [1.54, 1.807) is 36.4 Å². The highest BCUT2D eigenvalue weighted by atomic mass is 35.5. The smallest absolute Gasteiger partial charge is 0.258 e. The van der Waals surface area contributed by atoms with Gasteiger partial charge in [-0.1, -0.05) is 35.9 Å². The minimum atomic E-state index is -0.601. The zero-order valence-corrected chi connectivity index (χ0v) is 17.3. The molecule has 3 N–H and O–H groups in total. The lowest BCUT2D eigenvalue weighted by atomic mass is 10.1. The minimum Gasteiger partial charge on any atom is -0.362 e. The SMILES string of the molecule is O=C(Nc1ccc(NC(=S)NCCc2ccc(F)cc2)c(Cl)c1)c1ccccc1F. The molecule has 3 aromatic carbocycles. The maximum Gasteiger partial charge on any atom is 0.258 e. The Morgan fingerprint density at radius 1 is 0.967 bits per heavy atom. The van der Waals surface area contributed by atoms with Gasteiger partial charge in [-0.3, -0.25) is 4.79 Å². The van der Waals surface area contributed by atoms with Gasteiger partial charge in [0.1, 0.15) is 11.6 Å². The van der Waals surface area contributed by atoms with E-state index in [-0.39, 0.29) is 11.4 Å². The first-order chi connectivity index (χ1) is 14.4. The molecule has 0 aliphatic heterocycles. The maximum atomic E-state index is 13.7. The molecule has 0 saturated carbocycles. The van der Waals surface area contributed by atoms with Gasteiger partial charge in [0.25, 0.3) is 5.91 Å². The molecule has 154 valence electrons. The van der Waals surface area contributed by atoms with E-state index in [9.17, 15) is 13.6 Å². The first kappa shape index (κ1) is 21.7. The number of hydrogen-bond donors (Lipinski definition) is 3. The second-order valence-electron chi connectivity index (χ2n) is 6.39. The predicted molar refractivity (Wildman–Crippen MR) is 120 cm³/mol. The first-order valence-corrected chi connectivity index (χ1v) is 9.86. The molecule has 0 heterocycles. The molecule has 3 aromatic rings. The lowest BCUT2D eigenvalue weighted by molar-refractivity contribution is 0.102. The Morgan fingerprint density at radius 3 is 2.40 bits per heavy atom. The molecule has 1 amide bonds. The van der Waals surface area contributed by atoms with Crippen LogP contribution in [-0.2, 0) is 6.42 Å². The molecule has 0 unspecified atom stereocenters. The standard InChI is InChI=1S/C22H18ClF2N3OS/c23-18-13-16(27-21(29)17-3-1-2-4-19(17)25)9-10-20(18)28-22(30)26-12-11-14-5-7-15(24)8-6-14/h1-10,13H,11-12H2,(H,27,29)(H2,26,28,30). The fraction of sp³-hybridized carbons (Fsp3) is 0.0909. The number of anilines is 2. The molecule has 0 radical (unpaired) electrons. The molecule has 0 aromatic heterocycles. The van der Waals surface area contributed by atoms with Gasteiger partial charge >= 0.3 is 0 Å². The van der Waals surface area contributed by atoms with Crippen molar-refractivity contribution in [2.24, 2.45) is 0 Å². The second kappa shape index (κ2) is 10.1. The fourth-order valence-electron chi connectivity index (χ4n) is 2.68. The number of hydrogen-bond acceptors (Lipinski definition) is 2. The number of rotatable bonds is 6. The number of carbonyl (C=O) groups is 1. The molecule has 0 fully saturated rings. The molecule has 30 heavy (non-hydrogen) atoms. The summed E-state index contributed by atoms with van der Waals surface area (Å²) in [6.45, 7) is 0.561. The van der Waals surface area contributed by atoms with Gasteiger partial charge in [-0.05, 0) is 66.7 Å². The van der Waals surface area contributed by atoms with Crippen LogP contribution in [0.15, 0.2) is 66.7 Å². The quantitative estimate of drug-likeness (QED) is 0.445. The summed E-state index contributed by atoms with van der Waals surface area (Å²) in [5, 5.41) is 9.36. The van der Waals surface area contributed by atoms with Crippen molar-refractivity contribution in [1.82, 2.24) is 5.32 Å². The summed E-state index contributed by atoms with van der Waals surface area (Å²) in [5.74, 6) is -1.44. The molecule has 0 spiro atoms. The summed E-state index contributed by atoms with van der Waals surface area (Å²) in [7, 11) is 0. The normalized spacial score (nSPS) is 10.4. The van der Waals surface area contributed by atoms with Crippen molar-refractivity contribution < 1.29 is 13.6 Å². The Bertz CT molecular complexity index is 1060. The third kappa shape index (κ3) is 5.98. The van der Waals surface area contributed by atoms with Crippen molar-refractivity contribution in [2.45, 2.75) is 6.42 Å². The van der Waals surface area contributed by atoms with Gasteiger partial charge in [-0.25, -0.2) is 8.78 Å². The summed E-state index contributed by atoms with van der Waals surface area (Å²) in [5.41, 5.74) is 1.91. The lowest BCUT2D eigenvalue weighted by Gasteiger charge is -2.13. The van der Waals surface area contributed by atoms with Gasteiger partial charge in [-0.2, -0.15) is 0 Å². The molecule has 0 aliphatic carbocycles. The molecule has 0 bridgehead atoms. The van der Waals surface area contributed by atoms with Gasteiger partial charge in [0.2, 0.25) is 0 Å². The van der Waals surface area contributed by atoms with Gasteiger partial charge in [-0.15, -0.1) is 0 Å². The number of thiocarbonyl (C=S) groups is 1. The zero-order valence-electron chi connectivity index (χ0n) is 15.7. The molecule has 0 saturated heterocycles. The monoisotopic (exact) mass is 445 g/mol. The summed E-state index contributed by atoms with van der Waals surface area (Å²) >= 11 is 11.5. The largest absolute Gasteiger partial charge is 0.362 e. The van der Waals surface area contributed by atoms with E-state index in [1.807, 2.05) is 0 Å². The molecular formula is C22H18ClF2N3OS. The molecule has 3 rings (SSSR count). The fourth-order valence-corrected chi connectivity index (χ4v) is 3.12. The van der Waals surface area contributed by atoms with Crippen LogP contribution in [0.3, 0.4) is 0 Å². The van der Waals surface area contributed by atoms with Crippen LogP contribution in [-0.4, -0.2) is 17.6 Å². The van der Waals surface area contributed by atoms with Gasteiger partial charge in [0.05, 0.1) is 16.3 Å². The van der Waals surface area contributed by atoms with E-state index < -0.39 is 11.7 Å². The van der Waals surface area contributed by atoms with Crippen molar-refractivity contribution in [3.63, 3.8) is 0 Å². The second-order valence-corrected chi connectivity index (χ2v) is 7.20. The average Bonchev–Trinajstić information content (AvgIpc) is 2.72. The summed E-state index contributed by atoms with van der Waals surface area (Å²) in [4.78, 5) is 12.2. The van der Waals surface area contributed by atoms with E-state index >= 15 is 0 Å². The van der Waals surface area contributed by atoms with E-state index in [2.05, 4.69) is 16.0 Å². The van der Waals surface area contributed by atoms with Gasteiger partial charge in [0, 0.05) is 12.2 Å². The first-order valence-electron chi connectivity index (χ1n) is 9.07. The van der Waals surface area contributed by atoms with Crippen molar-refractivity contribution in [3.05, 3.63) is 94.5 Å². The Kier molecular flexibility index (Phi) is 7.32. The Balaban J connectivity index is 1.53. The minimum absolute atomic E-state index is 0.0534. The van der Waals surface area contributed by atoms with E-state index in [1.165, 1.54) is 30.3 Å². The van der Waals surface area contributed by atoms with Crippen molar-refractivity contribution in [1.29, 1.82) is 0 Å². The summed E-state index contributed by atoms with van der Waals surface area (Å²) in [6.07, 6.45) is 0.677. The maximum absolute atomic E-state index is 13.7. The molecule has 0 atom stereocenters. The van der Waals surface area contributed by atoms with Crippen LogP contribution >= 0.6 is 23.8 Å². The van der Waals surface area contributed by atoms with Crippen molar-refractivity contribution in [2.75, 3.05) is 17.2 Å². The highest BCUT2D eigenvalue weighted by Gasteiger charge is 2.12. The van der Waals surface area contributed by atoms with Crippen LogP contribution < -0.4 is 16.0 Å². The highest BCUT2D eigenvalue weighted by molar-refractivity contribution is 7.80. The van der Waals surface area contributed by atoms with Crippen LogP contribution in [0.1, 0.15) is 15.9 Å². The van der Waals surface area contributed by atoms with Gasteiger partial charge in [0.15, 0.2) is 5.11 Å². The molecule has 4 nitrogen and oxygen atoms in total. The summed E-state index contributed by atoms with van der Waals surface area (Å²) < 4.78 is 26.6. The average molecular weight is 446 g/mol. The molecule has 8 heteroatoms. The number of benzene rings is 3. The van der Waals surface area contributed by atoms with Crippen molar-refractivity contribution >= 4 is 46.2 Å². The van der Waals surface area contributed by atoms with Crippen LogP contribution in [0.2, 0.25) is 5.02 Å². The lowest BCUT2D eigenvalue weighted by Crippen LogP contribution is -2.30. The number of nitrogens with one attached hydrogen (secondary N) is 3. The Morgan fingerprint density at radius 2 is 1.70 bits per heavy atom. The zero-order chi connectivity index (χ0) is 21.5. The van der Waals surface area contributed by atoms with Crippen LogP contribution in [0.5, 0.6) is 0 Å². The van der Waals surface area contributed by atoms with E-state index in [0.717, 1.165) is 5.56 Å². The van der Waals surface area contributed by atoms with Gasteiger partial charge < -0.3 is 16.0 Å².